The number of rotatable bonds is 3. The molecule has 19 heavy (non-hydrogen) atoms. The van der Waals surface area contributed by atoms with Gasteiger partial charge in [-0.15, -0.1) is 12.4 Å². The topological polar surface area (TPSA) is 46.2 Å². The molecule has 1 atom stereocenters. The molecule has 0 aromatic heterocycles. The molecule has 3 N–H and O–H groups in total. The summed E-state index contributed by atoms with van der Waals surface area (Å²) in [5.74, 6) is 0. The summed E-state index contributed by atoms with van der Waals surface area (Å²) in [7, 11) is 0. The van der Waals surface area contributed by atoms with Crippen LogP contribution < -0.4 is 5.73 Å². The van der Waals surface area contributed by atoms with Gasteiger partial charge in [0.25, 0.3) is 0 Å². The minimum absolute atomic E-state index is 0. The molecule has 1 aromatic carbocycles. The summed E-state index contributed by atoms with van der Waals surface area (Å²) in [6.45, 7) is 3.28. The Bertz CT molecular complexity index is 435. The molecule has 0 radical (unpaired) electrons. The van der Waals surface area contributed by atoms with Crippen molar-refractivity contribution in [1.29, 1.82) is 0 Å². The van der Waals surface area contributed by atoms with E-state index in [9.17, 15) is 18.3 Å². The predicted molar refractivity (Wildman–Crippen MR) is 71.5 cm³/mol. The maximum absolute atomic E-state index is 12.5. The molecule has 0 saturated carbocycles. The fraction of sp³-hybridized carbons (Fsp3) is 0.500. The summed E-state index contributed by atoms with van der Waals surface area (Å²) in [4.78, 5) is 0. The van der Waals surface area contributed by atoms with Gasteiger partial charge in [0.05, 0.1) is 10.6 Å². The Labute approximate surface area is 121 Å². The SMILES string of the molecule is CC(C)(CO)[C@H](N)c1ccc(C(F)(F)F)c(Cl)c1.Cl. The van der Waals surface area contributed by atoms with E-state index in [1.807, 2.05) is 0 Å². The van der Waals surface area contributed by atoms with E-state index < -0.39 is 23.2 Å². The quantitative estimate of drug-likeness (QED) is 0.890. The van der Waals surface area contributed by atoms with Crippen molar-refractivity contribution >= 4 is 24.0 Å². The third kappa shape index (κ3) is 4.24. The molecule has 2 nitrogen and oxygen atoms in total. The molecule has 0 bridgehead atoms. The Balaban J connectivity index is 0.00000324. The average molecular weight is 318 g/mol. The molecule has 1 rings (SSSR count). The first kappa shape index (κ1) is 18.5. The highest BCUT2D eigenvalue weighted by Crippen LogP contribution is 2.38. The van der Waals surface area contributed by atoms with Crippen LogP contribution in [0.25, 0.3) is 0 Å². The minimum Gasteiger partial charge on any atom is -0.396 e. The van der Waals surface area contributed by atoms with Gasteiger partial charge in [-0.25, -0.2) is 0 Å². The molecule has 0 unspecified atom stereocenters. The summed E-state index contributed by atoms with van der Waals surface area (Å²) in [5, 5.41) is 8.80. The monoisotopic (exact) mass is 317 g/mol. The second-order valence-corrected chi connectivity index (χ2v) is 5.27. The number of aliphatic hydroxyl groups is 1. The zero-order valence-electron chi connectivity index (χ0n) is 10.5. The van der Waals surface area contributed by atoms with Crippen molar-refractivity contribution in [2.45, 2.75) is 26.1 Å². The minimum atomic E-state index is -4.48. The van der Waals surface area contributed by atoms with Gasteiger partial charge in [-0.3, -0.25) is 0 Å². The number of nitrogens with two attached hydrogens (primary N) is 1. The van der Waals surface area contributed by atoms with Crippen molar-refractivity contribution in [2.24, 2.45) is 11.1 Å². The normalized spacial score (nSPS) is 13.9. The number of alkyl halides is 3. The first-order chi connectivity index (χ1) is 8.09. The van der Waals surface area contributed by atoms with Gasteiger partial charge < -0.3 is 10.8 Å². The zero-order valence-corrected chi connectivity index (χ0v) is 12.0. The van der Waals surface area contributed by atoms with E-state index in [2.05, 4.69) is 0 Å². The first-order valence-electron chi connectivity index (χ1n) is 5.32. The first-order valence-corrected chi connectivity index (χ1v) is 5.70. The molecule has 0 spiro atoms. The van der Waals surface area contributed by atoms with Crippen LogP contribution in [0.2, 0.25) is 5.02 Å². The van der Waals surface area contributed by atoms with Gasteiger partial charge in [-0.1, -0.05) is 31.5 Å². The van der Waals surface area contributed by atoms with Crippen LogP contribution in [0.15, 0.2) is 18.2 Å². The molecule has 0 heterocycles. The van der Waals surface area contributed by atoms with E-state index in [0.717, 1.165) is 6.07 Å². The second-order valence-electron chi connectivity index (χ2n) is 4.86. The number of halogens is 5. The van der Waals surface area contributed by atoms with Crippen LogP contribution in [-0.4, -0.2) is 11.7 Å². The highest BCUT2D eigenvalue weighted by molar-refractivity contribution is 6.31. The highest BCUT2D eigenvalue weighted by atomic mass is 35.5. The lowest BCUT2D eigenvalue weighted by Crippen LogP contribution is -2.32. The lowest BCUT2D eigenvalue weighted by atomic mass is 9.81. The van der Waals surface area contributed by atoms with Crippen LogP contribution in [0.4, 0.5) is 13.2 Å². The Hall–Kier alpha value is -0.490. The van der Waals surface area contributed by atoms with Gasteiger partial charge in [0.1, 0.15) is 0 Å². The van der Waals surface area contributed by atoms with E-state index in [4.69, 9.17) is 17.3 Å². The fourth-order valence-corrected chi connectivity index (χ4v) is 1.80. The highest BCUT2D eigenvalue weighted by Gasteiger charge is 2.34. The standard InChI is InChI=1S/C12H15ClF3NO.ClH/c1-11(2,6-18)10(17)7-3-4-8(9(13)5-7)12(14,15)16;/h3-5,10,18H,6,17H2,1-2H3;1H/t10-;/m1./s1. The molecular weight excluding hydrogens is 302 g/mol. The van der Waals surface area contributed by atoms with Crippen molar-refractivity contribution in [3.63, 3.8) is 0 Å². The summed E-state index contributed by atoms with van der Waals surface area (Å²) in [6.07, 6.45) is -4.48. The second kappa shape index (κ2) is 6.31. The molecule has 0 fully saturated rings. The lowest BCUT2D eigenvalue weighted by molar-refractivity contribution is -0.137. The summed E-state index contributed by atoms with van der Waals surface area (Å²) >= 11 is 5.61. The summed E-state index contributed by atoms with van der Waals surface area (Å²) in [5.41, 5.74) is 4.85. The number of hydrogen-bond donors (Lipinski definition) is 2. The molecule has 0 amide bonds. The Morgan fingerprint density at radius 3 is 2.21 bits per heavy atom. The van der Waals surface area contributed by atoms with E-state index in [1.54, 1.807) is 13.8 Å². The van der Waals surface area contributed by atoms with Crippen LogP contribution in [-0.2, 0) is 6.18 Å². The van der Waals surface area contributed by atoms with Gasteiger partial charge in [0, 0.05) is 18.1 Å². The van der Waals surface area contributed by atoms with Crippen LogP contribution in [0.5, 0.6) is 0 Å². The van der Waals surface area contributed by atoms with E-state index in [-0.39, 0.29) is 24.0 Å². The Morgan fingerprint density at radius 1 is 1.32 bits per heavy atom. The third-order valence-electron chi connectivity index (χ3n) is 2.91. The van der Waals surface area contributed by atoms with E-state index in [1.165, 1.54) is 12.1 Å². The molecule has 0 aliphatic carbocycles. The molecule has 0 aliphatic rings. The molecule has 110 valence electrons. The largest absolute Gasteiger partial charge is 0.417 e. The van der Waals surface area contributed by atoms with Gasteiger partial charge in [-0.2, -0.15) is 13.2 Å². The fourth-order valence-electron chi connectivity index (χ4n) is 1.50. The Kier molecular flexibility index (Phi) is 6.14. The van der Waals surface area contributed by atoms with Crippen molar-refractivity contribution in [3.05, 3.63) is 34.3 Å². The van der Waals surface area contributed by atoms with Crippen molar-refractivity contribution in [3.8, 4) is 0 Å². The van der Waals surface area contributed by atoms with Crippen LogP contribution >= 0.6 is 24.0 Å². The van der Waals surface area contributed by atoms with Crippen molar-refractivity contribution in [2.75, 3.05) is 6.61 Å². The van der Waals surface area contributed by atoms with E-state index in [0.29, 0.717) is 5.56 Å². The third-order valence-corrected chi connectivity index (χ3v) is 3.22. The van der Waals surface area contributed by atoms with Crippen LogP contribution in [0.3, 0.4) is 0 Å². The molecule has 7 heteroatoms. The van der Waals surface area contributed by atoms with Crippen molar-refractivity contribution in [1.82, 2.24) is 0 Å². The molecular formula is C12H16Cl2F3NO. The summed E-state index contributed by atoms with van der Waals surface area (Å²) < 4.78 is 37.6. The van der Waals surface area contributed by atoms with Gasteiger partial charge in [0.2, 0.25) is 0 Å². The Morgan fingerprint density at radius 2 is 1.84 bits per heavy atom. The number of aliphatic hydroxyl groups excluding tert-OH is 1. The average Bonchev–Trinajstić information content (AvgIpc) is 2.26. The van der Waals surface area contributed by atoms with Gasteiger partial charge in [0.15, 0.2) is 0 Å². The van der Waals surface area contributed by atoms with Crippen molar-refractivity contribution < 1.29 is 18.3 Å². The van der Waals surface area contributed by atoms with E-state index >= 15 is 0 Å². The molecule has 0 saturated heterocycles. The zero-order chi connectivity index (χ0) is 14.1. The number of benzene rings is 1. The van der Waals surface area contributed by atoms with Crippen LogP contribution in [0.1, 0.15) is 31.0 Å². The van der Waals surface area contributed by atoms with Gasteiger partial charge >= 0.3 is 6.18 Å². The molecule has 0 aliphatic heterocycles. The summed E-state index contributed by atoms with van der Waals surface area (Å²) in [6, 6.07) is 2.80. The van der Waals surface area contributed by atoms with Gasteiger partial charge in [-0.05, 0) is 17.7 Å². The predicted octanol–water partition coefficient (Wildman–Crippen LogP) is 3.80. The van der Waals surface area contributed by atoms with Crippen LogP contribution in [0, 0.1) is 5.41 Å². The molecule has 1 aromatic rings. The maximum Gasteiger partial charge on any atom is 0.417 e. The number of hydrogen-bond acceptors (Lipinski definition) is 2. The lowest BCUT2D eigenvalue weighted by Gasteiger charge is -2.30. The smallest absolute Gasteiger partial charge is 0.396 e. The maximum atomic E-state index is 12.5.